The van der Waals surface area contributed by atoms with Gasteiger partial charge in [0.1, 0.15) is 0 Å². The van der Waals surface area contributed by atoms with E-state index < -0.39 is 0 Å². The average Bonchev–Trinajstić information content (AvgIpc) is 2.67. The first kappa shape index (κ1) is 12.4. The van der Waals surface area contributed by atoms with Gasteiger partial charge in [-0.15, -0.1) is 11.3 Å². The van der Waals surface area contributed by atoms with Gasteiger partial charge < -0.3 is 0 Å². The molecule has 0 aliphatic heterocycles. The Kier molecular flexibility index (Phi) is 3.59. The van der Waals surface area contributed by atoms with E-state index in [0.717, 1.165) is 10.1 Å². The molecule has 1 heterocycles. The minimum Gasteiger partial charge on any atom is -0.292 e. The highest BCUT2D eigenvalue weighted by Gasteiger charge is 2.16. The second-order valence-electron chi connectivity index (χ2n) is 3.36. The van der Waals surface area contributed by atoms with Crippen molar-refractivity contribution in [2.24, 2.45) is 0 Å². The van der Waals surface area contributed by atoms with Crippen molar-refractivity contribution in [2.75, 3.05) is 0 Å². The van der Waals surface area contributed by atoms with Gasteiger partial charge in [0.25, 0.3) is 0 Å². The molecule has 0 N–H and O–H groups in total. The Morgan fingerprint density at radius 3 is 2.75 bits per heavy atom. The summed E-state index contributed by atoms with van der Waals surface area (Å²) in [6, 6.07) is 5.42. The van der Waals surface area contributed by atoms with Gasteiger partial charge in [-0.1, -0.05) is 39.1 Å². The number of fused-ring (bicyclic) bond motifs is 1. The monoisotopic (exact) mass is 336 g/mol. The maximum Gasteiger partial charge on any atom is 0.186 e. The summed E-state index contributed by atoms with van der Waals surface area (Å²) in [6.07, 6.45) is 0. The molecule has 2 rings (SSSR count). The summed E-state index contributed by atoms with van der Waals surface area (Å²) in [6.45, 7) is 1.81. The van der Waals surface area contributed by atoms with Crippen LogP contribution in [0.3, 0.4) is 0 Å². The smallest absolute Gasteiger partial charge is 0.186 e. The van der Waals surface area contributed by atoms with E-state index >= 15 is 0 Å². The zero-order valence-electron chi connectivity index (χ0n) is 8.26. The number of rotatable bonds is 2. The summed E-state index contributed by atoms with van der Waals surface area (Å²) >= 11 is 16.7. The summed E-state index contributed by atoms with van der Waals surface area (Å²) in [5.74, 6) is 0.0633. The second-order valence-corrected chi connectivity index (χ2v) is 6.61. The third kappa shape index (κ3) is 2.14. The molecule has 5 heteroatoms. The molecule has 1 aromatic carbocycles. The molecule has 1 atom stereocenters. The van der Waals surface area contributed by atoms with Crippen LogP contribution in [-0.4, -0.2) is 10.6 Å². The quantitative estimate of drug-likeness (QED) is 0.545. The number of hydrogen-bond acceptors (Lipinski definition) is 2. The Morgan fingerprint density at radius 1 is 1.44 bits per heavy atom. The maximum atomic E-state index is 11.8. The van der Waals surface area contributed by atoms with E-state index in [-0.39, 0.29) is 10.6 Å². The van der Waals surface area contributed by atoms with Crippen LogP contribution in [0.25, 0.3) is 10.1 Å². The van der Waals surface area contributed by atoms with E-state index in [2.05, 4.69) is 15.9 Å². The molecule has 16 heavy (non-hydrogen) atoms. The fourth-order valence-electron chi connectivity index (χ4n) is 1.37. The van der Waals surface area contributed by atoms with Gasteiger partial charge in [-0.05, 0) is 25.1 Å². The predicted molar refractivity (Wildman–Crippen MR) is 74.6 cm³/mol. The Morgan fingerprint density at radius 2 is 2.12 bits per heavy atom. The van der Waals surface area contributed by atoms with Crippen molar-refractivity contribution in [3.63, 3.8) is 0 Å². The molecule has 0 radical (unpaired) electrons. The molecule has 0 aliphatic carbocycles. The van der Waals surface area contributed by atoms with Crippen LogP contribution >= 0.6 is 50.5 Å². The SMILES string of the molecule is CC(Br)C(=O)c1cc2c(Cl)c(Cl)ccc2s1. The van der Waals surface area contributed by atoms with Gasteiger partial charge in [0, 0.05) is 10.1 Å². The Balaban J connectivity index is 2.61. The van der Waals surface area contributed by atoms with Crippen molar-refractivity contribution in [1.29, 1.82) is 0 Å². The molecule has 0 saturated carbocycles. The number of alkyl halides is 1. The number of halogens is 3. The number of ketones is 1. The molecular weight excluding hydrogens is 331 g/mol. The van der Waals surface area contributed by atoms with Gasteiger partial charge >= 0.3 is 0 Å². The van der Waals surface area contributed by atoms with Crippen molar-refractivity contribution in [3.8, 4) is 0 Å². The van der Waals surface area contributed by atoms with Gasteiger partial charge in [0.05, 0.1) is 19.7 Å². The van der Waals surface area contributed by atoms with Crippen molar-refractivity contribution in [2.45, 2.75) is 11.8 Å². The zero-order valence-corrected chi connectivity index (χ0v) is 12.2. The lowest BCUT2D eigenvalue weighted by Gasteiger charge is -1.96. The minimum absolute atomic E-state index is 0.0633. The largest absolute Gasteiger partial charge is 0.292 e. The highest BCUT2D eigenvalue weighted by atomic mass is 79.9. The van der Waals surface area contributed by atoms with E-state index in [1.807, 2.05) is 6.07 Å². The number of carbonyl (C=O) groups excluding carboxylic acids is 1. The van der Waals surface area contributed by atoms with Crippen LogP contribution in [0.2, 0.25) is 10.0 Å². The number of carbonyl (C=O) groups is 1. The fourth-order valence-corrected chi connectivity index (χ4v) is 3.30. The number of benzene rings is 1. The van der Waals surface area contributed by atoms with Gasteiger partial charge in [-0.3, -0.25) is 4.79 Å². The van der Waals surface area contributed by atoms with E-state index in [1.165, 1.54) is 11.3 Å². The lowest BCUT2D eigenvalue weighted by molar-refractivity contribution is 0.1000. The first-order chi connectivity index (χ1) is 7.50. The molecule has 1 unspecified atom stereocenters. The summed E-state index contributed by atoms with van der Waals surface area (Å²) in [5.41, 5.74) is 0. The lowest BCUT2D eigenvalue weighted by Crippen LogP contribution is -2.07. The summed E-state index contributed by atoms with van der Waals surface area (Å²) < 4.78 is 0.978. The highest BCUT2D eigenvalue weighted by Crippen LogP contribution is 2.36. The number of hydrogen-bond donors (Lipinski definition) is 0. The van der Waals surface area contributed by atoms with Crippen molar-refractivity contribution in [1.82, 2.24) is 0 Å². The molecular formula is C11H7BrCl2OS. The normalized spacial score (nSPS) is 13.0. The summed E-state index contributed by atoms with van der Waals surface area (Å²) in [7, 11) is 0. The average molecular weight is 338 g/mol. The van der Waals surface area contributed by atoms with E-state index in [1.54, 1.807) is 19.1 Å². The van der Waals surface area contributed by atoms with Crippen LogP contribution in [0.15, 0.2) is 18.2 Å². The first-order valence-electron chi connectivity index (χ1n) is 4.56. The highest BCUT2D eigenvalue weighted by molar-refractivity contribution is 9.10. The predicted octanol–water partition coefficient (Wildman–Crippen LogP) is 5.17. The van der Waals surface area contributed by atoms with Crippen molar-refractivity contribution in [3.05, 3.63) is 33.1 Å². The molecule has 1 nitrogen and oxygen atoms in total. The van der Waals surface area contributed by atoms with Crippen LogP contribution in [0.1, 0.15) is 16.6 Å². The number of thiophene rings is 1. The Labute approximate surface area is 115 Å². The first-order valence-corrected chi connectivity index (χ1v) is 7.05. The third-order valence-corrected chi connectivity index (χ3v) is 4.54. The van der Waals surface area contributed by atoms with Crippen LogP contribution in [0.5, 0.6) is 0 Å². The topological polar surface area (TPSA) is 17.1 Å². The Hall–Kier alpha value is -0.0900. The maximum absolute atomic E-state index is 11.8. The van der Waals surface area contributed by atoms with E-state index in [4.69, 9.17) is 23.2 Å². The molecule has 0 aliphatic rings. The van der Waals surface area contributed by atoms with Gasteiger partial charge in [0.15, 0.2) is 5.78 Å². The third-order valence-electron chi connectivity index (χ3n) is 2.19. The van der Waals surface area contributed by atoms with E-state index in [9.17, 15) is 4.79 Å². The fraction of sp³-hybridized carbons (Fsp3) is 0.182. The molecule has 0 bridgehead atoms. The molecule has 0 spiro atoms. The number of Topliss-reactive ketones (excluding diaryl/α,β-unsaturated/α-hetero) is 1. The standard InChI is InChI=1S/C11H7BrCl2OS/c1-5(12)11(15)9-4-6-8(16-9)3-2-7(13)10(6)14/h2-5H,1H3. The lowest BCUT2D eigenvalue weighted by atomic mass is 10.2. The van der Waals surface area contributed by atoms with Crippen molar-refractivity contribution < 1.29 is 4.79 Å². The summed E-state index contributed by atoms with van der Waals surface area (Å²) in [5, 5.41) is 1.87. The molecule has 0 amide bonds. The molecule has 84 valence electrons. The van der Waals surface area contributed by atoms with Crippen LogP contribution in [0, 0.1) is 0 Å². The minimum atomic E-state index is -0.185. The Bertz CT molecular complexity index is 562. The van der Waals surface area contributed by atoms with Crippen LogP contribution in [-0.2, 0) is 0 Å². The van der Waals surface area contributed by atoms with Gasteiger partial charge in [-0.25, -0.2) is 0 Å². The van der Waals surface area contributed by atoms with Gasteiger partial charge in [-0.2, -0.15) is 0 Å². The molecule has 1 aromatic heterocycles. The molecule has 2 aromatic rings. The molecule has 0 fully saturated rings. The van der Waals surface area contributed by atoms with E-state index in [0.29, 0.717) is 14.9 Å². The van der Waals surface area contributed by atoms with Crippen LogP contribution < -0.4 is 0 Å². The van der Waals surface area contributed by atoms with Crippen LogP contribution in [0.4, 0.5) is 0 Å². The zero-order chi connectivity index (χ0) is 11.9. The molecule has 0 saturated heterocycles. The van der Waals surface area contributed by atoms with Gasteiger partial charge in [0.2, 0.25) is 0 Å². The summed E-state index contributed by atoms with van der Waals surface area (Å²) in [4.78, 5) is 12.3. The van der Waals surface area contributed by atoms with Crippen molar-refractivity contribution >= 4 is 66.3 Å². The second kappa shape index (κ2) is 4.65.